The van der Waals surface area contributed by atoms with Crippen LogP contribution in [-0.4, -0.2) is 6.72 Å². The maximum absolute atomic E-state index is 5.61. The Bertz CT molecular complexity index is 483. The number of thiophene rings is 1. The molecule has 0 saturated heterocycles. The molecular formula is C14H17NOS. The minimum absolute atomic E-state index is 0.672. The largest absolute Gasteiger partial charge is 0.454 e. The highest BCUT2D eigenvalue weighted by Crippen LogP contribution is 2.34. The Hall–Kier alpha value is -1.61. The first-order valence-electron chi connectivity index (χ1n) is 5.54. The summed E-state index contributed by atoms with van der Waals surface area (Å²) in [7, 11) is 0. The van der Waals surface area contributed by atoms with Gasteiger partial charge in [0.05, 0.1) is 4.88 Å². The molecule has 0 bridgehead atoms. The van der Waals surface area contributed by atoms with E-state index in [1.165, 1.54) is 4.88 Å². The SMILES string of the molecule is C=Cc1oc(-c2ccc(C)s2)cc1N=C.CC. The molecule has 0 spiro atoms. The molecule has 0 radical (unpaired) electrons. The fourth-order valence-electron chi connectivity index (χ4n) is 1.35. The molecule has 90 valence electrons. The average Bonchev–Trinajstić information content (AvgIpc) is 2.96. The van der Waals surface area contributed by atoms with Crippen molar-refractivity contribution in [2.24, 2.45) is 4.99 Å². The van der Waals surface area contributed by atoms with E-state index in [0.717, 1.165) is 16.3 Å². The molecule has 0 saturated carbocycles. The van der Waals surface area contributed by atoms with Crippen LogP contribution in [-0.2, 0) is 0 Å². The first-order valence-corrected chi connectivity index (χ1v) is 6.36. The van der Waals surface area contributed by atoms with Gasteiger partial charge in [0.25, 0.3) is 0 Å². The summed E-state index contributed by atoms with van der Waals surface area (Å²) in [5.74, 6) is 1.50. The van der Waals surface area contributed by atoms with Gasteiger partial charge in [0, 0.05) is 10.9 Å². The molecular weight excluding hydrogens is 230 g/mol. The number of aliphatic imine (C=N–C) groups is 1. The number of hydrogen-bond donors (Lipinski definition) is 0. The van der Waals surface area contributed by atoms with Crippen LogP contribution in [0, 0.1) is 6.92 Å². The molecule has 0 unspecified atom stereocenters. The molecule has 0 atom stereocenters. The lowest BCUT2D eigenvalue weighted by Gasteiger charge is -1.88. The van der Waals surface area contributed by atoms with Crippen LogP contribution in [0.5, 0.6) is 0 Å². The first-order chi connectivity index (χ1) is 8.24. The molecule has 0 aliphatic rings. The average molecular weight is 247 g/mol. The standard InChI is InChI=1S/C12H11NOS.C2H6/c1-4-10-9(13-3)7-11(14-10)12-6-5-8(2)15-12;1-2/h4-7H,1,3H2,2H3;1-2H3. The van der Waals surface area contributed by atoms with Gasteiger partial charge in [0.15, 0.2) is 5.76 Å². The first kappa shape index (κ1) is 13.5. The Morgan fingerprint density at radius 3 is 2.47 bits per heavy atom. The molecule has 0 aliphatic carbocycles. The van der Waals surface area contributed by atoms with Crippen molar-refractivity contribution in [2.75, 3.05) is 0 Å². The molecule has 2 aromatic rings. The Morgan fingerprint density at radius 2 is 2.06 bits per heavy atom. The highest BCUT2D eigenvalue weighted by atomic mass is 32.1. The van der Waals surface area contributed by atoms with Gasteiger partial charge in [0.1, 0.15) is 11.4 Å². The van der Waals surface area contributed by atoms with Crippen molar-refractivity contribution in [3.8, 4) is 10.6 Å². The van der Waals surface area contributed by atoms with E-state index in [-0.39, 0.29) is 0 Å². The zero-order chi connectivity index (χ0) is 12.8. The van der Waals surface area contributed by atoms with Gasteiger partial charge >= 0.3 is 0 Å². The summed E-state index contributed by atoms with van der Waals surface area (Å²) in [4.78, 5) is 6.25. The van der Waals surface area contributed by atoms with E-state index in [0.29, 0.717) is 5.76 Å². The quantitative estimate of drug-likeness (QED) is 0.674. The highest BCUT2D eigenvalue weighted by Gasteiger charge is 2.10. The van der Waals surface area contributed by atoms with Gasteiger partial charge in [-0.1, -0.05) is 20.4 Å². The monoisotopic (exact) mass is 247 g/mol. The van der Waals surface area contributed by atoms with Gasteiger partial charge in [-0.05, 0) is 31.9 Å². The minimum atomic E-state index is 0.672. The van der Waals surface area contributed by atoms with Crippen LogP contribution < -0.4 is 0 Å². The fourth-order valence-corrected chi connectivity index (χ4v) is 2.17. The van der Waals surface area contributed by atoms with Crippen molar-refractivity contribution < 1.29 is 4.42 Å². The van der Waals surface area contributed by atoms with Crippen LogP contribution in [0.3, 0.4) is 0 Å². The summed E-state index contributed by atoms with van der Waals surface area (Å²) >= 11 is 1.69. The minimum Gasteiger partial charge on any atom is -0.454 e. The molecule has 17 heavy (non-hydrogen) atoms. The predicted octanol–water partition coefficient (Wildman–Crippen LogP) is 5.32. The van der Waals surface area contributed by atoms with Crippen molar-refractivity contribution in [1.82, 2.24) is 0 Å². The Labute approximate surface area is 106 Å². The second-order valence-electron chi connectivity index (χ2n) is 3.13. The number of furan rings is 1. The summed E-state index contributed by atoms with van der Waals surface area (Å²) in [6.45, 7) is 13.2. The van der Waals surface area contributed by atoms with Gasteiger partial charge in [-0.3, -0.25) is 4.99 Å². The number of nitrogens with zero attached hydrogens (tertiary/aromatic N) is 1. The van der Waals surface area contributed by atoms with Gasteiger partial charge in [-0.2, -0.15) is 0 Å². The van der Waals surface area contributed by atoms with Crippen molar-refractivity contribution in [3.63, 3.8) is 0 Å². The summed E-state index contributed by atoms with van der Waals surface area (Å²) in [5.41, 5.74) is 0.742. The van der Waals surface area contributed by atoms with Gasteiger partial charge < -0.3 is 4.42 Å². The molecule has 0 amide bonds. The summed E-state index contributed by atoms with van der Waals surface area (Å²) < 4.78 is 5.61. The molecule has 0 aromatic carbocycles. The van der Waals surface area contributed by atoms with E-state index in [4.69, 9.17) is 4.42 Å². The molecule has 2 heterocycles. The van der Waals surface area contributed by atoms with Crippen LogP contribution in [0.1, 0.15) is 24.5 Å². The molecule has 2 nitrogen and oxygen atoms in total. The van der Waals surface area contributed by atoms with E-state index < -0.39 is 0 Å². The number of aryl methyl sites for hydroxylation is 1. The van der Waals surface area contributed by atoms with E-state index in [1.54, 1.807) is 17.4 Å². The molecule has 2 aromatic heterocycles. The summed E-state index contributed by atoms with van der Waals surface area (Å²) in [6, 6.07) is 5.99. The van der Waals surface area contributed by atoms with Gasteiger partial charge in [0.2, 0.25) is 0 Å². The van der Waals surface area contributed by atoms with Crippen LogP contribution in [0.2, 0.25) is 0 Å². The Kier molecular flexibility index (Phi) is 4.91. The topological polar surface area (TPSA) is 25.5 Å². The number of hydrogen-bond acceptors (Lipinski definition) is 3. The molecule has 0 aliphatic heterocycles. The lowest BCUT2D eigenvalue weighted by atomic mass is 10.3. The third kappa shape index (κ3) is 2.94. The zero-order valence-electron chi connectivity index (χ0n) is 10.5. The van der Waals surface area contributed by atoms with Crippen LogP contribution in [0.15, 0.2) is 34.2 Å². The second-order valence-corrected chi connectivity index (χ2v) is 4.42. The van der Waals surface area contributed by atoms with Crippen LogP contribution in [0.25, 0.3) is 16.7 Å². The molecule has 0 N–H and O–H groups in total. The normalized spacial score (nSPS) is 9.35. The zero-order valence-corrected chi connectivity index (χ0v) is 11.3. The van der Waals surface area contributed by atoms with Crippen molar-refractivity contribution in [3.05, 3.63) is 35.4 Å². The lowest BCUT2D eigenvalue weighted by molar-refractivity contribution is 0.574. The maximum Gasteiger partial charge on any atom is 0.152 e. The van der Waals surface area contributed by atoms with E-state index >= 15 is 0 Å². The number of rotatable bonds is 3. The van der Waals surface area contributed by atoms with Crippen molar-refractivity contribution >= 4 is 29.8 Å². The maximum atomic E-state index is 5.61. The summed E-state index contributed by atoms with van der Waals surface area (Å²) in [6.07, 6.45) is 1.65. The van der Waals surface area contributed by atoms with Crippen molar-refractivity contribution in [2.45, 2.75) is 20.8 Å². The van der Waals surface area contributed by atoms with Crippen molar-refractivity contribution in [1.29, 1.82) is 0 Å². The molecule has 2 rings (SSSR count). The van der Waals surface area contributed by atoms with E-state index in [9.17, 15) is 0 Å². The third-order valence-corrected chi connectivity index (χ3v) is 3.09. The highest BCUT2D eigenvalue weighted by molar-refractivity contribution is 7.15. The fraction of sp³-hybridized carbons (Fsp3) is 0.214. The predicted molar refractivity (Wildman–Crippen MR) is 77.4 cm³/mol. The van der Waals surface area contributed by atoms with E-state index in [1.807, 2.05) is 26.0 Å². The lowest BCUT2D eigenvalue weighted by Crippen LogP contribution is -1.61. The Balaban J connectivity index is 0.000000686. The second kappa shape index (κ2) is 6.21. The van der Waals surface area contributed by atoms with Gasteiger partial charge in [-0.15, -0.1) is 11.3 Å². The van der Waals surface area contributed by atoms with Gasteiger partial charge in [-0.25, -0.2) is 0 Å². The third-order valence-electron chi connectivity index (χ3n) is 2.08. The molecule has 0 fully saturated rings. The summed E-state index contributed by atoms with van der Waals surface area (Å²) in [5, 5.41) is 0. The smallest absolute Gasteiger partial charge is 0.152 e. The van der Waals surface area contributed by atoms with Crippen LogP contribution >= 0.6 is 11.3 Å². The van der Waals surface area contributed by atoms with E-state index in [2.05, 4.69) is 31.3 Å². The Morgan fingerprint density at radius 1 is 1.35 bits per heavy atom. The molecule has 3 heteroatoms. The van der Waals surface area contributed by atoms with Crippen LogP contribution in [0.4, 0.5) is 5.69 Å².